The fourth-order valence-corrected chi connectivity index (χ4v) is 2.42. The van der Waals surface area contributed by atoms with Gasteiger partial charge in [0.05, 0.1) is 6.21 Å². The Balaban J connectivity index is 1.87. The van der Waals surface area contributed by atoms with Gasteiger partial charge in [-0.3, -0.25) is 14.4 Å². The van der Waals surface area contributed by atoms with Crippen molar-refractivity contribution in [3.05, 3.63) is 54.1 Å². The van der Waals surface area contributed by atoms with E-state index in [4.69, 9.17) is 0 Å². The van der Waals surface area contributed by atoms with Crippen molar-refractivity contribution in [3.8, 4) is 0 Å². The van der Waals surface area contributed by atoms with E-state index in [-0.39, 0.29) is 5.91 Å². The smallest absolute Gasteiger partial charge is 0.326 e. The van der Waals surface area contributed by atoms with Crippen molar-refractivity contribution in [2.75, 3.05) is 16.9 Å². The Morgan fingerprint density at radius 3 is 2.35 bits per heavy atom. The second-order valence-electron chi connectivity index (χ2n) is 5.19. The van der Waals surface area contributed by atoms with Crippen LogP contribution in [-0.4, -0.2) is 30.2 Å². The minimum Gasteiger partial charge on any atom is -0.326 e. The summed E-state index contributed by atoms with van der Waals surface area (Å²) in [6.45, 7) is 1.42. The molecule has 26 heavy (non-hydrogen) atoms. The highest BCUT2D eigenvalue weighted by Gasteiger charge is 2.12. The number of hydrazone groups is 1. The van der Waals surface area contributed by atoms with E-state index in [2.05, 4.69) is 21.2 Å². The van der Waals surface area contributed by atoms with Crippen molar-refractivity contribution in [2.24, 2.45) is 5.10 Å². The molecule has 2 aromatic carbocycles. The van der Waals surface area contributed by atoms with Crippen molar-refractivity contribution < 1.29 is 14.4 Å². The second kappa shape index (κ2) is 9.38. The molecular weight excluding hydrogens is 352 g/mol. The zero-order valence-corrected chi connectivity index (χ0v) is 15.1. The van der Waals surface area contributed by atoms with Crippen LogP contribution in [0.1, 0.15) is 12.5 Å². The van der Waals surface area contributed by atoms with Gasteiger partial charge < -0.3 is 10.6 Å². The topological polar surface area (TPSA) is 99.7 Å². The molecule has 2 aromatic rings. The number of amides is 3. The Morgan fingerprint density at radius 1 is 0.962 bits per heavy atom. The molecule has 0 aliphatic rings. The highest BCUT2D eigenvalue weighted by Crippen LogP contribution is 2.18. The first-order valence-electron chi connectivity index (χ1n) is 7.64. The van der Waals surface area contributed by atoms with E-state index in [1.54, 1.807) is 42.5 Å². The van der Waals surface area contributed by atoms with E-state index < -0.39 is 11.8 Å². The summed E-state index contributed by atoms with van der Waals surface area (Å²) in [6.07, 6.45) is 3.32. The molecule has 0 saturated heterocycles. The second-order valence-corrected chi connectivity index (χ2v) is 6.07. The Hall–Kier alpha value is -3.13. The van der Waals surface area contributed by atoms with Crippen molar-refractivity contribution in [3.63, 3.8) is 0 Å². The summed E-state index contributed by atoms with van der Waals surface area (Å²) in [6, 6.07) is 14.0. The molecule has 8 heteroatoms. The summed E-state index contributed by atoms with van der Waals surface area (Å²) in [7, 11) is 0. The number of anilines is 2. The number of rotatable bonds is 5. The van der Waals surface area contributed by atoms with Crippen LogP contribution >= 0.6 is 11.8 Å². The van der Waals surface area contributed by atoms with Crippen LogP contribution in [0.3, 0.4) is 0 Å². The van der Waals surface area contributed by atoms with Crippen LogP contribution in [-0.2, 0) is 14.4 Å². The summed E-state index contributed by atoms with van der Waals surface area (Å²) < 4.78 is 0. The minimum absolute atomic E-state index is 0.159. The highest BCUT2D eigenvalue weighted by atomic mass is 32.2. The van der Waals surface area contributed by atoms with Crippen molar-refractivity contribution in [1.29, 1.82) is 0 Å². The van der Waals surface area contributed by atoms with Gasteiger partial charge in [-0.1, -0.05) is 18.2 Å². The summed E-state index contributed by atoms with van der Waals surface area (Å²) in [4.78, 5) is 35.6. The van der Waals surface area contributed by atoms with E-state index >= 15 is 0 Å². The average molecular weight is 370 g/mol. The SMILES string of the molecule is CSc1cccc(NC(=O)C(=O)N/N=C/c2ccc(NC(C)=O)cc2)c1. The Morgan fingerprint density at radius 2 is 1.69 bits per heavy atom. The third-order valence-electron chi connectivity index (χ3n) is 3.14. The largest absolute Gasteiger partial charge is 0.329 e. The average Bonchev–Trinajstić information content (AvgIpc) is 2.62. The Bertz CT molecular complexity index is 835. The molecule has 0 aliphatic heterocycles. The maximum atomic E-state index is 11.9. The lowest BCUT2D eigenvalue weighted by molar-refractivity contribution is -0.136. The Kier molecular flexibility index (Phi) is 6.92. The highest BCUT2D eigenvalue weighted by molar-refractivity contribution is 7.98. The summed E-state index contributed by atoms with van der Waals surface area (Å²) in [5.74, 6) is -1.83. The molecule has 0 unspecified atom stereocenters. The lowest BCUT2D eigenvalue weighted by Crippen LogP contribution is -2.32. The number of nitrogens with zero attached hydrogens (tertiary/aromatic N) is 1. The van der Waals surface area contributed by atoms with Gasteiger partial charge in [0.1, 0.15) is 0 Å². The molecule has 0 aliphatic carbocycles. The molecule has 0 spiro atoms. The minimum atomic E-state index is -0.870. The van der Waals surface area contributed by atoms with Crippen molar-refractivity contribution in [2.45, 2.75) is 11.8 Å². The molecule has 7 nitrogen and oxygen atoms in total. The quantitative estimate of drug-likeness (QED) is 0.326. The summed E-state index contributed by atoms with van der Waals surface area (Å²) >= 11 is 1.54. The molecule has 134 valence electrons. The predicted molar refractivity (Wildman–Crippen MR) is 103 cm³/mol. The fraction of sp³-hybridized carbons (Fsp3) is 0.111. The molecule has 0 fully saturated rings. The maximum absolute atomic E-state index is 11.9. The van der Waals surface area contributed by atoms with Crippen LogP contribution in [0.2, 0.25) is 0 Å². The number of carbonyl (C=O) groups is 3. The molecule has 0 bridgehead atoms. The molecule has 3 N–H and O–H groups in total. The van der Waals surface area contributed by atoms with Crippen LogP contribution in [0.5, 0.6) is 0 Å². The van der Waals surface area contributed by atoms with Crippen LogP contribution in [0, 0.1) is 0 Å². The standard InChI is InChI=1S/C18H18N4O3S/c1-12(23)20-14-8-6-13(7-9-14)11-19-22-18(25)17(24)21-15-4-3-5-16(10-15)26-2/h3-11H,1-2H3,(H,20,23)(H,21,24)(H,22,25)/b19-11+. The van der Waals surface area contributed by atoms with Crippen molar-refractivity contribution >= 4 is 47.1 Å². The molecule has 0 aromatic heterocycles. The van der Waals surface area contributed by atoms with Gasteiger partial charge in [-0.25, -0.2) is 5.43 Å². The van der Waals surface area contributed by atoms with Gasteiger partial charge in [0.25, 0.3) is 0 Å². The van der Waals surface area contributed by atoms with E-state index in [1.807, 2.05) is 12.3 Å². The normalized spacial score (nSPS) is 10.4. The Labute approximate surface area is 155 Å². The lowest BCUT2D eigenvalue weighted by Gasteiger charge is -2.05. The molecular formula is C18H18N4O3S. The van der Waals surface area contributed by atoms with Gasteiger partial charge in [-0.15, -0.1) is 11.8 Å². The lowest BCUT2D eigenvalue weighted by atomic mass is 10.2. The molecule has 0 heterocycles. The fourth-order valence-electron chi connectivity index (χ4n) is 1.96. The van der Waals surface area contributed by atoms with Gasteiger partial charge in [-0.2, -0.15) is 5.10 Å². The van der Waals surface area contributed by atoms with Crippen LogP contribution in [0.15, 0.2) is 58.5 Å². The zero-order valence-electron chi connectivity index (χ0n) is 14.3. The summed E-state index contributed by atoms with van der Waals surface area (Å²) in [5, 5.41) is 8.91. The molecule has 0 saturated carbocycles. The van der Waals surface area contributed by atoms with Gasteiger partial charge >= 0.3 is 11.8 Å². The number of thioether (sulfide) groups is 1. The van der Waals surface area contributed by atoms with E-state index in [0.717, 1.165) is 4.90 Å². The number of nitrogens with one attached hydrogen (secondary N) is 3. The van der Waals surface area contributed by atoms with Crippen LogP contribution in [0.4, 0.5) is 11.4 Å². The van der Waals surface area contributed by atoms with Crippen LogP contribution in [0.25, 0.3) is 0 Å². The van der Waals surface area contributed by atoms with Crippen LogP contribution < -0.4 is 16.1 Å². The number of hydrogen-bond donors (Lipinski definition) is 3. The van der Waals surface area contributed by atoms with Gasteiger partial charge in [-0.05, 0) is 42.2 Å². The van der Waals surface area contributed by atoms with E-state index in [0.29, 0.717) is 16.9 Å². The first-order chi connectivity index (χ1) is 12.5. The van der Waals surface area contributed by atoms with Gasteiger partial charge in [0.15, 0.2) is 0 Å². The van der Waals surface area contributed by atoms with E-state index in [9.17, 15) is 14.4 Å². The van der Waals surface area contributed by atoms with Gasteiger partial charge in [0.2, 0.25) is 5.91 Å². The van der Waals surface area contributed by atoms with Gasteiger partial charge in [0, 0.05) is 23.2 Å². The number of benzene rings is 2. The first-order valence-corrected chi connectivity index (χ1v) is 8.86. The number of carbonyl (C=O) groups excluding carboxylic acids is 3. The van der Waals surface area contributed by atoms with E-state index in [1.165, 1.54) is 24.9 Å². The third-order valence-corrected chi connectivity index (χ3v) is 3.87. The first kappa shape index (κ1) is 19.2. The monoisotopic (exact) mass is 370 g/mol. The number of hydrogen-bond acceptors (Lipinski definition) is 5. The maximum Gasteiger partial charge on any atom is 0.329 e. The zero-order chi connectivity index (χ0) is 18.9. The predicted octanol–water partition coefficient (Wildman–Crippen LogP) is 2.46. The van der Waals surface area contributed by atoms with Crippen molar-refractivity contribution in [1.82, 2.24) is 5.43 Å². The summed E-state index contributed by atoms with van der Waals surface area (Å²) in [5.41, 5.74) is 4.07. The molecule has 0 atom stereocenters. The molecule has 2 rings (SSSR count). The third kappa shape index (κ3) is 6.06. The molecule has 0 radical (unpaired) electrons. The molecule has 3 amide bonds.